The van der Waals surface area contributed by atoms with E-state index in [4.69, 9.17) is 0 Å². The number of nitrogens with one attached hydrogen (secondary N) is 1. The first kappa shape index (κ1) is 20.8. The van der Waals surface area contributed by atoms with Gasteiger partial charge < -0.3 is 5.32 Å². The molecule has 0 saturated heterocycles. The Balaban J connectivity index is 1.93. The van der Waals surface area contributed by atoms with E-state index in [1.165, 1.54) is 0 Å². The van der Waals surface area contributed by atoms with Crippen LogP contribution in [-0.2, 0) is 14.8 Å². The molecule has 2 aromatic carbocycles. The van der Waals surface area contributed by atoms with Crippen LogP contribution in [-0.4, -0.2) is 39.4 Å². The average Bonchev–Trinajstić information content (AvgIpc) is 2.59. The maximum Gasteiger partial charge on any atom is 0.240 e. The topological polar surface area (TPSA) is 66.5 Å². The number of hydrogen-bond donors (Lipinski definition) is 1. The molecular formula is C18H21BrN2O3S2. The van der Waals surface area contributed by atoms with Crippen LogP contribution in [0.3, 0.4) is 0 Å². The molecule has 0 atom stereocenters. The highest BCUT2D eigenvalue weighted by atomic mass is 79.9. The van der Waals surface area contributed by atoms with Gasteiger partial charge in [-0.05, 0) is 42.8 Å². The Morgan fingerprint density at radius 2 is 1.88 bits per heavy atom. The van der Waals surface area contributed by atoms with Crippen LogP contribution in [0.1, 0.15) is 5.56 Å². The van der Waals surface area contributed by atoms with Gasteiger partial charge in [0.1, 0.15) is 6.54 Å². The van der Waals surface area contributed by atoms with Gasteiger partial charge in [-0.3, -0.25) is 9.10 Å². The van der Waals surface area contributed by atoms with Crippen LogP contribution in [0.25, 0.3) is 0 Å². The second kappa shape index (κ2) is 9.43. The van der Waals surface area contributed by atoms with Gasteiger partial charge in [0.15, 0.2) is 0 Å². The molecule has 140 valence electrons. The summed E-state index contributed by atoms with van der Waals surface area (Å²) in [6.07, 6.45) is 1.10. The van der Waals surface area contributed by atoms with Crippen molar-refractivity contribution in [3.63, 3.8) is 0 Å². The number of rotatable bonds is 8. The fraction of sp³-hybridized carbons (Fsp3) is 0.278. The molecule has 0 heterocycles. The standard InChI is InChI=1S/C18H21BrN2O3S2/c1-14-12-15(8-9-17(14)19)21(26(2,23)24)13-18(22)20-10-11-25-16-6-4-3-5-7-16/h3-9,12H,10-11,13H2,1-2H3,(H,20,22). The molecule has 0 spiro atoms. The van der Waals surface area contributed by atoms with Gasteiger partial charge in [-0.25, -0.2) is 8.42 Å². The van der Waals surface area contributed by atoms with Crippen LogP contribution < -0.4 is 9.62 Å². The third kappa shape index (κ3) is 6.34. The maximum atomic E-state index is 12.2. The molecule has 1 N–H and O–H groups in total. The Kier molecular flexibility index (Phi) is 7.55. The van der Waals surface area contributed by atoms with Gasteiger partial charge in [-0.15, -0.1) is 11.8 Å². The van der Waals surface area contributed by atoms with Crippen molar-refractivity contribution < 1.29 is 13.2 Å². The van der Waals surface area contributed by atoms with E-state index in [0.29, 0.717) is 18.0 Å². The summed E-state index contributed by atoms with van der Waals surface area (Å²) >= 11 is 5.03. The Morgan fingerprint density at radius 3 is 2.50 bits per heavy atom. The number of thioether (sulfide) groups is 1. The summed E-state index contributed by atoms with van der Waals surface area (Å²) in [5.74, 6) is 0.385. The number of sulfonamides is 1. The van der Waals surface area contributed by atoms with E-state index in [1.807, 2.05) is 37.3 Å². The third-order valence-electron chi connectivity index (χ3n) is 3.55. The first-order valence-corrected chi connectivity index (χ1v) is 11.6. The van der Waals surface area contributed by atoms with Crippen molar-refractivity contribution in [3.8, 4) is 0 Å². The molecule has 0 aromatic heterocycles. The predicted octanol–water partition coefficient (Wildman–Crippen LogP) is 3.43. The second-order valence-corrected chi connectivity index (χ2v) is 9.64. The summed E-state index contributed by atoms with van der Waals surface area (Å²) in [5, 5.41) is 2.78. The highest BCUT2D eigenvalue weighted by Crippen LogP contribution is 2.24. The number of aryl methyl sites for hydroxylation is 1. The molecule has 0 aliphatic carbocycles. The minimum Gasteiger partial charge on any atom is -0.354 e. The van der Waals surface area contributed by atoms with Gasteiger partial charge in [0, 0.05) is 21.7 Å². The molecule has 0 aliphatic heterocycles. The molecule has 2 aromatic rings. The highest BCUT2D eigenvalue weighted by Gasteiger charge is 2.21. The van der Waals surface area contributed by atoms with Gasteiger partial charge in [0.05, 0.1) is 11.9 Å². The SMILES string of the molecule is Cc1cc(N(CC(=O)NCCSc2ccccc2)S(C)(=O)=O)ccc1Br. The molecule has 0 aliphatic rings. The molecule has 0 saturated carbocycles. The van der Waals surface area contributed by atoms with Crippen molar-refractivity contribution in [2.45, 2.75) is 11.8 Å². The lowest BCUT2D eigenvalue weighted by Crippen LogP contribution is -2.41. The largest absolute Gasteiger partial charge is 0.354 e. The minimum atomic E-state index is -3.56. The molecule has 26 heavy (non-hydrogen) atoms. The zero-order valence-electron chi connectivity index (χ0n) is 14.6. The number of nitrogens with zero attached hydrogens (tertiary/aromatic N) is 1. The van der Waals surface area contributed by atoms with E-state index in [9.17, 15) is 13.2 Å². The molecule has 5 nitrogen and oxygen atoms in total. The second-order valence-electron chi connectivity index (χ2n) is 5.71. The average molecular weight is 457 g/mol. The summed E-state index contributed by atoms with van der Waals surface area (Å²) in [4.78, 5) is 13.3. The Morgan fingerprint density at radius 1 is 1.19 bits per heavy atom. The third-order valence-corrected chi connectivity index (χ3v) is 6.60. The van der Waals surface area contributed by atoms with E-state index in [-0.39, 0.29) is 12.5 Å². The zero-order chi connectivity index (χ0) is 19.2. The number of amides is 1. The minimum absolute atomic E-state index is 0.240. The normalized spacial score (nSPS) is 11.2. The summed E-state index contributed by atoms with van der Waals surface area (Å²) in [5.41, 5.74) is 1.37. The number of hydrogen-bond acceptors (Lipinski definition) is 4. The fourth-order valence-corrected chi connectivity index (χ4v) is 4.13. The molecular weight excluding hydrogens is 436 g/mol. The van der Waals surface area contributed by atoms with Crippen molar-refractivity contribution in [2.24, 2.45) is 0 Å². The number of halogens is 1. The van der Waals surface area contributed by atoms with E-state index in [1.54, 1.807) is 30.0 Å². The molecule has 0 unspecified atom stereocenters. The molecule has 0 bridgehead atoms. The van der Waals surface area contributed by atoms with E-state index >= 15 is 0 Å². The monoisotopic (exact) mass is 456 g/mol. The predicted molar refractivity (Wildman–Crippen MR) is 111 cm³/mol. The first-order chi connectivity index (χ1) is 12.3. The van der Waals surface area contributed by atoms with E-state index in [2.05, 4.69) is 21.2 Å². The number of carbonyl (C=O) groups is 1. The number of anilines is 1. The van der Waals surface area contributed by atoms with Gasteiger partial charge in [-0.1, -0.05) is 34.1 Å². The zero-order valence-corrected chi connectivity index (χ0v) is 17.8. The van der Waals surface area contributed by atoms with Gasteiger partial charge in [0.2, 0.25) is 15.9 Å². The summed E-state index contributed by atoms with van der Waals surface area (Å²) in [6, 6.07) is 15.1. The van der Waals surface area contributed by atoms with Gasteiger partial charge in [0.25, 0.3) is 0 Å². The van der Waals surface area contributed by atoms with Crippen LogP contribution in [0.4, 0.5) is 5.69 Å². The lowest BCUT2D eigenvalue weighted by molar-refractivity contribution is -0.119. The van der Waals surface area contributed by atoms with Gasteiger partial charge in [-0.2, -0.15) is 0 Å². The first-order valence-electron chi connectivity index (χ1n) is 7.96. The Labute approximate surface area is 167 Å². The highest BCUT2D eigenvalue weighted by molar-refractivity contribution is 9.10. The fourth-order valence-electron chi connectivity index (χ4n) is 2.25. The van der Waals surface area contributed by atoms with E-state index in [0.717, 1.165) is 25.5 Å². The Bertz CT molecular complexity index is 858. The van der Waals surface area contributed by atoms with E-state index < -0.39 is 10.0 Å². The number of benzene rings is 2. The lowest BCUT2D eigenvalue weighted by atomic mass is 10.2. The van der Waals surface area contributed by atoms with Crippen molar-refractivity contribution in [3.05, 3.63) is 58.6 Å². The van der Waals surface area contributed by atoms with Crippen molar-refractivity contribution in [1.29, 1.82) is 0 Å². The Hall–Kier alpha value is -1.51. The van der Waals surface area contributed by atoms with Crippen molar-refractivity contribution >= 4 is 49.3 Å². The van der Waals surface area contributed by atoms with Crippen LogP contribution in [0.5, 0.6) is 0 Å². The van der Waals surface area contributed by atoms with Crippen LogP contribution >= 0.6 is 27.7 Å². The summed E-state index contributed by atoms with van der Waals surface area (Å²) < 4.78 is 26.2. The summed E-state index contributed by atoms with van der Waals surface area (Å²) in [7, 11) is -3.56. The molecule has 1 amide bonds. The molecule has 8 heteroatoms. The number of carbonyl (C=O) groups excluding carboxylic acids is 1. The quantitative estimate of drug-likeness (QED) is 0.487. The maximum absolute atomic E-state index is 12.2. The lowest BCUT2D eigenvalue weighted by Gasteiger charge is -2.22. The van der Waals surface area contributed by atoms with Crippen LogP contribution in [0, 0.1) is 6.92 Å². The molecule has 0 radical (unpaired) electrons. The van der Waals surface area contributed by atoms with Crippen LogP contribution in [0.15, 0.2) is 57.9 Å². The van der Waals surface area contributed by atoms with Crippen molar-refractivity contribution in [2.75, 3.05) is 29.4 Å². The van der Waals surface area contributed by atoms with Gasteiger partial charge >= 0.3 is 0 Å². The molecule has 2 rings (SSSR count). The van der Waals surface area contributed by atoms with Crippen LogP contribution in [0.2, 0.25) is 0 Å². The smallest absolute Gasteiger partial charge is 0.240 e. The molecule has 0 fully saturated rings. The van der Waals surface area contributed by atoms with Crippen molar-refractivity contribution in [1.82, 2.24) is 5.32 Å². The summed E-state index contributed by atoms with van der Waals surface area (Å²) in [6.45, 7) is 2.10.